The summed E-state index contributed by atoms with van der Waals surface area (Å²) in [5.41, 5.74) is 2.69. The summed E-state index contributed by atoms with van der Waals surface area (Å²) in [5, 5.41) is 3.33. The van der Waals surface area contributed by atoms with Crippen molar-refractivity contribution in [3.8, 4) is 0 Å². The van der Waals surface area contributed by atoms with Gasteiger partial charge < -0.3 is 10.2 Å². The third-order valence-electron chi connectivity index (χ3n) is 6.94. The number of anilines is 1. The molecule has 0 aliphatic heterocycles. The molecule has 9 heteroatoms. The van der Waals surface area contributed by atoms with Crippen molar-refractivity contribution in [2.45, 2.75) is 64.4 Å². The van der Waals surface area contributed by atoms with E-state index in [-0.39, 0.29) is 17.3 Å². The van der Waals surface area contributed by atoms with Crippen LogP contribution in [0, 0.1) is 13.8 Å². The molecular formula is C31H38ClN3O4S. The van der Waals surface area contributed by atoms with Gasteiger partial charge in [0.25, 0.3) is 10.0 Å². The molecule has 0 bridgehead atoms. The molecule has 0 saturated heterocycles. The molecule has 2 amide bonds. The van der Waals surface area contributed by atoms with E-state index in [1.807, 2.05) is 45.0 Å². The topological polar surface area (TPSA) is 86.8 Å². The van der Waals surface area contributed by atoms with Gasteiger partial charge in [-0.05, 0) is 67.6 Å². The number of unbranched alkanes of at least 4 members (excludes halogenated alkanes) is 1. The third kappa shape index (κ3) is 7.43. The Hall–Kier alpha value is -3.36. The summed E-state index contributed by atoms with van der Waals surface area (Å²) in [6, 6.07) is 19.8. The Bertz CT molecular complexity index is 1410. The molecule has 3 rings (SSSR count). The number of hydrogen-bond acceptors (Lipinski definition) is 4. The summed E-state index contributed by atoms with van der Waals surface area (Å²) < 4.78 is 29.0. The fraction of sp³-hybridized carbons (Fsp3) is 0.355. The van der Waals surface area contributed by atoms with Crippen molar-refractivity contribution < 1.29 is 18.0 Å². The first-order chi connectivity index (χ1) is 19.1. The molecule has 0 saturated carbocycles. The van der Waals surface area contributed by atoms with Gasteiger partial charge in [-0.3, -0.25) is 13.9 Å². The molecule has 0 spiro atoms. The van der Waals surface area contributed by atoms with Gasteiger partial charge in [0.1, 0.15) is 12.6 Å². The van der Waals surface area contributed by atoms with Crippen LogP contribution in [0.1, 0.15) is 49.8 Å². The van der Waals surface area contributed by atoms with Gasteiger partial charge in [0.15, 0.2) is 0 Å². The number of carbonyl (C=O) groups is 2. The Morgan fingerprint density at radius 1 is 0.925 bits per heavy atom. The maximum Gasteiger partial charge on any atom is 0.264 e. The zero-order chi connectivity index (χ0) is 29.3. The average Bonchev–Trinajstić information content (AvgIpc) is 2.94. The molecule has 1 N–H and O–H groups in total. The number of halogens is 1. The number of nitrogens with zero attached hydrogens (tertiary/aromatic N) is 2. The minimum Gasteiger partial charge on any atom is -0.354 e. The van der Waals surface area contributed by atoms with Crippen LogP contribution in [0.15, 0.2) is 77.7 Å². The highest BCUT2D eigenvalue weighted by Gasteiger charge is 2.34. The van der Waals surface area contributed by atoms with Crippen LogP contribution in [0.2, 0.25) is 5.02 Å². The zero-order valence-corrected chi connectivity index (χ0v) is 25.1. The third-order valence-corrected chi connectivity index (χ3v) is 9.12. The van der Waals surface area contributed by atoms with Crippen LogP contribution in [0.5, 0.6) is 0 Å². The fourth-order valence-electron chi connectivity index (χ4n) is 4.50. The van der Waals surface area contributed by atoms with Gasteiger partial charge in [-0.2, -0.15) is 0 Å². The van der Waals surface area contributed by atoms with Gasteiger partial charge in [-0.1, -0.05) is 80.4 Å². The van der Waals surface area contributed by atoms with E-state index in [9.17, 15) is 18.0 Å². The van der Waals surface area contributed by atoms with Crippen molar-refractivity contribution in [2.75, 3.05) is 17.4 Å². The van der Waals surface area contributed by atoms with Gasteiger partial charge in [0.2, 0.25) is 11.8 Å². The van der Waals surface area contributed by atoms with Crippen molar-refractivity contribution in [3.63, 3.8) is 0 Å². The first kappa shape index (κ1) is 31.2. The lowest BCUT2D eigenvalue weighted by atomic mass is 10.1. The van der Waals surface area contributed by atoms with Crippen LogP contribution in [0.4, 0.5) is 5.69 Å². The Kier molecular flexibility index (Phi) is 11.2. The Morgan fingerprint density at radius 2 is 1.60 bits per heavy atom. The minimum atomic E-state index is -4.15. The van der Waals surface area contributed by atoms with Crippen LogP contribution in [-0.4, -0.2) is 44.3 Å². The number of carbonyl (C=O) groups excluding carboxylic acids is 2. The second-order valence-corrected chi connectivity index (χ2v) is 12.0. The molecule has 1 atom stereocenters. The van der Waals surface area contributed by atoms with E-state index in [1.54, 1.807) is 43.3 Å². The summed E-state index contributed by atoms with van der Waals surface area (Å²) in [5.74, 6) is -0.742. The predicted octanol–water partition coefficient (Wildman–Crippen LogP) is 5.88. The van der Waals surface area contributed by atoms with Gasteiger partial charge >= 0.3 is 0 Å². The fourth-order valence-corrected chi connectivity index (χ4v) is 6.16. The molecule has 3 aromatic carbocycles. The van der Waals surface area contributed by atoms with E-state index in [2.05, 4.69) is 5.32 Å². The van der Waals surface area contributed by atoms with Crippen LogP contribution >= 0.6 is 11.6 Å². The SMILES string of the molecule is CCCCNC(=O)[C@H](CC)N(Cc1ccccc1C)C(=O)CN(c1cccc(Cl)c1C)S(=O)(=O)c1ccccc1. The van der Waals surface area contributed by atoms with E-state index < -0.39 is 28.5 Å². The lowest BCUT2D eigenvalue weighted by Gasteiger charge is -2.34. The molecule has 0 aromatic heterocycles. The molecule has 0 aliphatic rings. The lowest BCUT2D eigenvalue weighted by Crippen LogP contribution is -2.52. The molecule has 0 radical (unpaired) electrons. The number of amides is 2. The molecule has 0 aliphatic carbocycles. The standard InChI is InChI=1S/C31H38ClN3O4S/c1-5-7-20-33-31(37)28(6-2)34(21-25-15-12-11-14-23(25)3)30(36)22-35(29-19-13-18-27(32)24(29)4)40(38,39)26-16-9-8-10-17-26/h8-19,28H,5-7,20-22H2,1-4H3,(H,33,37)/t28-/m0/s1. The molecule has 3 aromatic rings. The molecule has 214 valence electrons. The van der Waals surface area contributed by atoms with E-state index in [1.165, 1.54) is 17.0 Å². The van der Waals surface area contributed by atoms with E-state index in [4.69, 9.17) is 11.6 Å². The molecule has 0 unspecified atom stereocenters. The van der Waals surface area contributed by atoms with Gasteiger partial charge in [-0.15, -0.1) is 0 Å². The Balaban J connectivity index is 2.08. The molecule has 7 nitrogen and oxygen atoms in total. The zero-order valence-electron chi connectivity index (χ0n) is 23.6. The first-order valence-electron chi connectivity index (χ1n) is 13.6. The smallest absolute Gasteiger partial charge is 0.264 e. The van der Waals surface area contributed by atoms with Crippen molar-refractivity contribution in [1.29, 1.82) is 0 Å². The average molecular weight is 584 g/mol. The summed E-state index contributed by atoms with van der Waals surface area (Å²) in [7, 11) is -4.15. The number of hydrogen-bond donors (Lipinski definition) is 1. The highest BCUT2D eigenvalue weighted by molar-refractivity contribution is 7.92. The van der Waals surface area contributed by atoms with E-state index in [0.29, 0.717) is 29.2 Å². The predicted molar refractivity (Wildman–Crippen MR) is 161 cm³/mol. The summed E-state index contributed by atoms with van der Waals surface area (Å²) in [4.78, 5) is 29.0. The Morgan fingerprint density at radius 3 is 2.25 bits per heavy atom. The summed E-state index contributed by atoms with van der Waals surface area (Å²) in [6.45, 7) is 7.73. The second-order valence-electron chi connectivity index (χ2n) is 9.73. The van der Waals surface area contributed by atoms with Crippen LogP contribution < -0.4 is 9.62 Å². The largest absolute Gasteiger partial charge is 0.354 e. The summed E-state index contributed by atoms with van der Waals surface area (Å²) >= 11 is 6.38. The van der Waals surface area contributed by atoms with Crippen LogP contribution in [0.3, 0.4) is 0 Å². The quantitative estimate of drug-likeness (QED) is 0.255. The number of sulfonamides is 1. The maximum atomic E-state index is 14.2. The summed E-state index contributed by atoms with van der Waals surface area (Å²) in [6.07, 6.45) is 2.12. The Labute approximate surface area is 243 Å². The highest BCUT2D eigenvalue weighted by Crippen LogP contribution is 2.31. The van der Waals surface area contributed by atoms with E-state index in [0.717, 1.165) is 28.3 Å². The van der Waals surface area contributed by atoms with Gasteiger partial charge in [0, 0.05) is 18.1 Å². The highest BCUT2D eigenvalue weighted by atomic mass is 35.5. The number of benzene rings is 3. The van der Waals surface area contributed by atoms with Crippen molar-refractivity contribution in [3.05, 3.63) is 94.5 Å². The van der Waals surface area contributed by atoms with Gasteiger partial charge in [0.05, 0.1) is 10.6 Å². The molecular weight excluding hydrogens is 546 g/mol. The number of nitrogens with one attached hydrogen (secondary N) is 1. The van der Waals surface area contributed by atoms with Crippen LogP contribution in [-0.2, 0) is 26.2 Å². The van der Waals surface area contributed by atoms with Crippen molar-refractivity contribution in [1.82, 2.24) is 10.2 Å². The van der Waals surface area contributed by atoms with Crippen LogP contribution in [0.25, 0.3) is 0 Å². The van der Waals surface area contributed by atoms with E-state index >= 15 is 0 Å². The minimum absolute atomic E-state index is 0.0528. The molecule has 0 fully saturated rings. The normalized spacial score (nSPS) is 12.0. The number of aryl methyl sites for hydroxylation is 1. The lowest BCUT2D eigenvalue weighted by molar-refractivity contribution is -0.140. The molecule has 0 heterocycles. The number of rotatable bonds is 13. The van der Waals surface area contributed by atoms with Gasteiger partial charge in [-0.25, -0.2) is 8.42 Å². The second kappa shape index (κ2) is 14.3. The molecule has 40 heavy (non-hydrogen) atoms. The van der Waals surface area contributed by atoms with Crippen molar-refractivity contribution in [2.24, 2.45) is 0 Å². The monoisotopic (exact) mass is 583 g/mol. The maximum absolute atomic E-state index is 14.2. The van der Waals surface area contributed by atoms with Crippen molar-refractivity contribution >= 4 is 39.1 Å². The first-order valence-corrected chi connectivity index (χ1v) is 15.4.